The van der Waals surface area contributed by atoms with E-state index >= 15 is 0 Å². The third-order valence-electron chi connectivity index (χ3n) is 3.94. The number of aryl methyl sites for hydroxylation is 1. The lowest BCUT2D eigenvalue weighted by Crippen LogP contribution is -2.44. The maximum Gasteiger partial charge on any atom is 0.244 e. The Kier molecular flexibility index (Phi) is 2.44. The van der Waals surface area contributed by atoms with Crippen LogP contribution in [-0.4, -0.2) is 37.5 Å². The highest BCUT2D eigenvalue weighted by Gasteiger charge is 2.35. The van der Waals surface area contributed by atoms with Gasteiger partial charge in [-0.25, -0.2) is 0 Å². The van der Waals surface area contributed by atoms with Crippen molar-refractivity contribution in [2.45, 2.75) is 25.3 Å². The molecule has 3 rings (SSSR count). The zero-order valence-corrected chi connectivity index (χ0v) is 10.4. The van der Waals surface area contributed by atoms with Gasteiger partial charge in [-0.3, -0.25) is 9.69 Å². The van der Waals surface area contributed by atoms with Crippen molar-refractivity contribution in [1.29, 1.82) is 0 Å². The van der Waals surface area contributed by atoms with Crippen LogP contribution >= 0.6 is 0 Å². The Morgan fingerprint density at radius 1 is 1.24 bits per heavy atom. The zero-order valence-electron chi connectivity index (χ0n) is 10.4. The van der Waals surface area contributed by atoms with E-state index in [4.69, 9.17) is 0 Å². The minimum absolute atomic E-state index is 0.0355. The molecule has 1 amide bonds. The summed E-state index contributed by atoms with van der Waals surface area (Å²) in [5.74, 6) is 0.277. The number of hydrogen-bond donors (Lipinski definition) is 0. The van der Waals surface area contributed by atoms with Crippen molar-refractivity contribution >= 4 is 11.6 Å². The summed E-state index contributed by atoms with van der Waals surface area (Å²) in [6, 6.07) is 6.48. The quantitative estimate of drug-likeness (QED) is 0.729. The summed E-state index contributed by atoms with van der Waals surface area (Å²) in [6.07, 6.45) is 2.95. The Morgan fingerprint density at radius 2 is 1.94 bits per heavy atom. The van der Waals surface area contributed by atoms with Crippen molar-refractivity contribution < 1.29 is 4.79 Å². The van der Waals surface area contributed by atoms with Gasteiger partial charge >= 0.3 is 0 Å². The molecule has 90 valence electrons. The lowest BCUT2D eigenvalue weighted by atomic mass is 10.0. The molecule has 3 heteroatoms. The third-order valence-corrected chi connectivity index (χ3v) is 3.94. The number of likely N-dealkylation sites (N-methyl/N-ethyl adjacent to an activating group) is 1. The van der Waals surface area contributed by atoms with Gasteiger partial charge in [0.2, 0.25) is 5.91 Å². The van der Waals surface area contributed by atoms with Crippen molar-refractivity contribution in [3.63, 3.8) is 0 Å². The Morgan fingerprint density at radius 3 is 2.65 bits per heavy atom. The number of carbonyl (C=O) groups is 1. The second-order valence-corrected chi connectivity index (χ2v) is 5.18. The van der Waals surface area contributed by atoms with Gasteiger partial charge in [0, 0.05) is 6.54 Å². The van der Waals surface area contributed by atoms with Gasteiger partial charge in [0.1, 0.15) is 0 Å². The van der Waals surface area contributed by atoms with Crippen LogP contribution < -0.4 is 4.90 Å². The van der Waals surface area contributed by atoms with Crippen LogP contribution in [0.5, 0.6) is 0 Å². The number of hydrogen-bond acceptors (Lipinski definition) is 2. The number of benzene rings is 1. The third kappa shape index (κ3) is 1.57. The summed E-state index contributed by atoms with van der Waals surface area (Å²) in [6.45, 7) is 0.857. The topological polar surface area (TPSA) is 23.6 Å². The lowest BCUT2D eigenvalue weighted by Gasteiger charge is -2.25. The summed E-state index contributed by atoms with van der Waals surface area (Å²) >= 11 is 0. The molecular weight excluding hydrogens is 212 g/mol. The van der Waals surface area contributed by atoms with Gasteiger partial charge in [-0.2, -0.15) is 0 Å². The Hall–Kier alpha value is -1.35. The van der Waals surface area contributed by atoms with E-state index in [0.717, 1.165) is 25.8 Å². The van der Waals surface area contributed by atoms with E-state index in [9.17, 15) is 4.79 Å². The molecule has 2 aliphatic heterocycles. The molecule has 0 fully saturated rings. The van der Waals surface area contributed by atoms with E-state index in [1.165, 1.54) is 16.8 Å². The Balaban J connectivity index is 2.07. The van der Waals surface area contributed by atoms with Gasteiger partial charge in [0.25, 0.3) is 0 Å². The van der Waals surface area contributed by atoms with E-state index in [-0.39, 0.29) is 11.9 Å². The number of carbonyl (C=O) groups excluding carboxylic acids is 1. The van der Waals surface area contributed by atoms with E-state index < -0.39 is 0 Å². The monoisotopic (exact) mass is 230 g/mol. The van der Waals surface area contributed by atoms with Crippen LogP contribution in [0.3, 0.4) is 0 Å². The van der Waals surface area contributed by atoms with Gasteiger partial charge in [-0.15, -0.1) is 0 Å². The number of para-hydroxylation sites is 1. The van der Waals surface area contributed by atoms with Crippen molar-refractivity contribution in [3.05, 3.63) is 29.3 Å². The molecule has 0 bridgehead atoms. The highest BCUT2D eigenvalue weighted by molar-refractivity contribution is 6.00. The highest BCUT2D eigenvalue weighted by atomic mass is 16.2. The first-order valence-electron chi connectivity index (χ1n) is 6.27. The van der Waals surface area contributed by atoms with Crippen LogP contribution in [0.2, 0.25) is 0 Å². The van der Waals surface area contributed by atoms with Gasteiger partial charge in [-0.1, -0.05) is 18.2 Å². The van der Waals surface area contributed by atoms with E-state index in [1.54, 1.807) is 0 Å². The predicted molar refractivity (Wildman–Crippen MR) is 68.3 cm³/mol. The zero-order chi connectivity index (χ0) is 12.0. The fourth-order valence-corrected chi connectivity index (χ4v) is 3.03. The molecular formula is C14H18N2O. The average molecular weight is 230 g/mol. The first-order chi connectivity index (χ1) is 8.18. The molecule has 1 atom stereocenters. The standard InChI is InChI=1S/C14H18N2O/c1-15(2)12-7-6-10-4-3-5-11-8-9-16(13(10)11)14(12)17/h3-5,12H,6-9H2,1-2H3. The average Bonchev–Trinajstić information content (AvgIpc) is 2.66. The first kappa shape index (κ1) is 10.8. The SMILES string of the molecule is CN(C)C1CCc2cccc3c2N(CC3)C1=O. The van der Waals surface area contributed by atoms with Crippen LogP contribution in [0.25, 0.3) is 0 Å². The molecule has 0 N–H and O–H groups in total. The van der Waals surface area contributed by atoms with Crippen molar-refractivity contribution in [1.82, 2.24) is 4.90 Å². The number of amides is 1. The first-order valence-corrected chi connectivity index (χ1v) is 6.27. The minimum Gasteiger partial charge on any atom is -0.310 e. The molecule has 1 aromatic rings. The molecule has 0 aliphatic carbocycles. The van der Waals surface area contributed by atoms with Crippen LogP contribution in [0, 0.1) is 0 Å². The van der Waals surface area contributed by atoms with Crippen molar-refractivity contribution in [3.8, 4) is 0 Å². The summed E-state index contributed by atoms with van der Waals surface area (Å²) in [5.41, 5.74) is 3.90. The molecule has 2 heterocycles. The molecule has 1 aromatic carbocycles. The number of rotatable bonds is 1. The normalized spacial score (nSPS) is 22.9. The van der Waals surface area contributed by atoms with Gasteiger partial charge in [-0.05, 0) is 44.5 Å². The summed E-state index contributed by atoms with van der Waals surface area (Å²) in [7, 11) is 3.99. The van der Waals surface area contributed by atoms with Crippen molar-refractivity contribution in [2.24, 2.45) is 0 Å². The fraction of sp³-hybridized carbons (Fsp3) is 0.500. The second-order valence-electron chi connectivity index (χ2n) is 5.18. The van der Waals surface area contributed by atoms with E-state index in [1.807, 2.05) is 23.9 Å². The molecule has 17 heavy (non-hydrogen) atoms. The molecule has 3 nitrogen and oxygen atoms in total. The van der Waals surface area contributed by atoms with E-state index in [0.29, 0.717) is 0 Å². The molecule has 0 aromatic heterocycles. The molecule has 0 saturated heterocycles. The largest absolute Gasteiger partial charge is 0.310 e. The lowest BCUT2D eigenvalue weighted by molar-refractivity contribution is -0.122. The maximum absolute atomic E-state index is 12.5. The van der Waals surface area contributed by atoms with Crippen LogP contribution in [-0.2, 0) is 17.6 Å². The summed E-state index contributed by atoms with van der Waals surface area (Å²) in [4.78, 5) is 16.5. The van der Waals surface area contributed by atoms with Crippen LogP contribution in [0.4, 0.5) is 5.69 Å². The predicted octanol–water partition coefficient (Wildman–Crippen LogP) is 1.45. The Bertz CT molecular complexity index is 467. The van der Waals surface area contributed by atoms with Crippen molar-refractivity contribution in [2.75, 3.05) is 25.5 Å². The molecule has 1 unspecified atom stereocenters. The molecule has 0 saturated carbocycles. The molecule has 0 radical (unpaired) electrons. The van der Waals surface area contributed by atoms with Crippen LogP contribution in [0.15, 0.2) is 18.2 Å². The highest BCUT2D eigenvalue weighted by Crippen LogP contribution is 2.36. The smallest absolute Gasteiger partial charge is 0.244 e. The van der Waals surface area contributed by atoms with Gasteiger partial charge in [0.05, 0.1) is 11.7 Å². The summed E-state index contributed by atoms with van der Waals surface area (Å²) < 4.78 is 0. The molecule has 0 spiro atoms. The second kappa shape index (κ2) is 3.84. The maximum atomic E-state index is 12.5. The van der Waals surface area contributed by atoms with Gasteiger partial charge < -0.3 is 4.90 Å². The van der Waals surface area contributed by atoms with E-state index in [2.05, 4.69) is 18.2 Å². The molecule has 2 aliphatic rings. The number of nitrogens with zero attached hydrogens (tertiary/aromatic N) is 2. The Labute approximate surface area is 102 Å². The van der Waals surface area contributed by atoms with Gasteiger partial charge in [0.15, 0.2) is 0 Å². The van der Waals surface area contributed by atoms with Crippen LogP contribution in [0.1, 0.15) is 17.5 Å². The fourth-order valence-electron chi connectivity index (χ4n) is 3.03. The summed E-state index contributed by atoms with van der Waals surface area (Å²) in [5, 5.41) is 0. The minimum atomic E-state index is 0.0355. The number of anilines is 1.